The van der Waals surface area contributed by atoms with Gasteiger partial charge in [0.05, 0.1) is 6.54 Å². The fraction of sp³-hybridized carbons (Fsp3) is 0.667. The highest BCUT2D eigenvalue weighted by molar-refractivity contribution is 5.83. The number of nitrogens with one attached hydrogen (secondary N) is 2. The van der Waals surface area contributed by atoms with E-state index in [1.807, 2.05) is 0 Å². The topological polar surface area (TPSA) is 101 Å². The Hall–Kier alpha value is -2.00. The van der Waals surface area contributed by atoms with Crippen LogP contribution in [0.4, 0.5) is 11.8 Å². The zero-order valence-corrected chi connectivity index (χ0v) is 12.2. The summed E-state index contributed by atoms with van der Waals surface area (Å²) in [4.78, 5) is 11.1. The molecule has 2 aromatic rings. The van der Waals surface area contributed by atoms with E-state index in [4.69, 9.17) is 9.47 Å². The molecule has 0 aliphatic carbocycles. The van der Waals surface area contributed by atoms with Gasteiger partial charge in [-0.05, 0) is 12.8 Å². The molecule has 1 saturated heterocycles. The van der Waals surface area contributed by atoms with Crippen molar-refractivity contribution >= 4 is 22.9 Å². The largest absolute Gasteiger partial charge is 0.355 e. The van der Waals surface area contributed by atoms with Gasteiger partial charge in [-0.1, -0.05) is 0 Å². The molecule has 0 aromatic carbocycles. The summed E-state index contributed by atoms with van der Waals surface area (Å²) in [6.45, 7) is 2.42. The molecule has 0 amide bonds. The van der Waals surface area contributed by atoms with Crippen molar-refractivity contribution in [3.63, 3.8) is 0 Å². The van der Waals surface area contributed by atoms with Crippen molar-refractivity contribution in [1.29, 1.82) is 0 Å². The quantitative estimate of drug-likeness (QED) is 0.737. The second-order valence-electron chi connectivity index (χ2n) is 4.84. The number of aromatic nitrogens is 5. The molecule has 1 aliphatic rings. The first-order chi connectivity index (χ1) is 10.3. The summed E-state index contributed by atoms with van der Waals surface area (Å²) in [6, 6.07) is 0. The van der Waals surface area contributed by atoms with Gasteiger partial charge in [0.25, 0.3) is 0 Å². The molecule has 0 bridgehead atoms. The Morgan fingerprint density at radius 3 is 2.67 bits per heavy atom. The van der Waals surface area contributed by atoms with Crippen LogP contribution in [-0.4, -0.2) is 65.5 Å². The molecule has 0 unspecified atom stereocenters. The first-order valence-electron chi connectivity index (χ1n) is 6.94. The monoisotopic (exact) mass is 293 g/mol. The van der Waals surface area contributed by atoms with Crippen LogP contribution in [0.2, 0.25) is 0 Å². The van der Waals surface area contributed by atoms with Crippen LogP contribution in [0.3, 0.4) is 0 Å². The molecule has 0 spiro atoms. The molecule has 3 rings (SSSR count). The maximum atomic E-state index is 5.14. The Labute approximate surface area is 122 Å². The number of aromatic amines is 1. The van der Waals surface area contributed by atoms with E-state index in [0.717, 1.165) is 18.9 Å². The van der Waals surface area contributed by atoms with E-state index < -0.39 is 0 Å². The molecule has 2 N–H and O–H groups in total. The highest BCUT2D eigenvalue weighted by Gasteiger charge is 2.20. The van der Waals surface area contributed by atoms with Crippen LogP contribution in [0.5, 0.6) is 0 Å². The van der Waals surface area contributed by atoms with Gasteiger partial charge in [-0.2, -0.15) is 20.3 Å². The summed E-state index contributed by atoms with van der Waals surface area (Å²) in [5.41, 5.74) is 1.26. The fourth-order valence-electron chi connectivity index (χ4n) is 2.40. The van der Waals surface area contributed by atoms with Crippen LogP contribution in [0.15, 0.2) is 0 Å². The number of H-pyrrole nitrogens is 1. The molecule has 21 heavy (non-hydrogen) atoms. The average molecular weight is 293 g/mol. The molecule has 0 radical (unpaired) electrons. The third-order valence-corrected chi connectivity index (χ3v) is 3.52. The fourth-order valence-corrected chi connectivity index (χ4v) is 2.40. The first kappa shape index (κ1) is 14.0. The lowest BCUT2D eigenvalue weighted by molar-refractivity contribution is -0.0914. The van der Waals surface area contributed by atoms with Crippen LogP contribution < -0.4 is 10.2 Å². The standard InChI is InChI=1S/C12H19N7O2/c1-20-8(21-2)7-13-12-14-10-9(16-18-17-10)11(15-12)19-5-3-4-6-19/h8H,3-7H2,1-2H3,(H2,13,14,15,16,17,18). The summed E-state index contributed by atoms with van der Waals surface area (Å²) in [6.07, 6.45) is 1.99. The smallest absolute Gasteiger partial charge is 0.227 e. The zero-order valence-electron chi connectivity index (χ0n) is 12.2. The van der Waals surface area contributed by atoms with Gasteiger partial charge >= 0.3 is 0 Å². The number of fused-ring (bicyclic) bond motifs is 1. The normalized spacial score (nSPS) is 15.3. The van der Waals surface area contributed by atoms with Gasteiger partial charge in [0, 0.05) is 27.3 Å². The van der Waals surface area contributed by atoms with E-state index in [2.05, 4.69) is 35.6 Å². The van der Waals surface area contributed by atoms with Crippen molar-refractivity contribution in [3.8, 4) is 0 Å². The molecular formula is C12H19N7O2. The van der Waals surface area contributed by atoms with Crippen LogP contribution in [0.25, 0.3) is 11.2 Å². The van der Waals surface area contributed by atoms with E-state index in [0.29, 0.717) is 23.7 Å². The number of hydrogen-bond donors (Lipinski definition) is 2. The van der Waals surface area contributed by atoms with Crippen molar-refractivity contribution < 1.29 is 9.47 Å². The predicted octanol–water partition coefficient (Wildman–Crippen LogP) is 0.379. The summed E-state index contributed by atoms with van der Waals surface area (Å²) in [5, 5.41) is 13.9. The summed E-state index contributed by atoms with van der Waals surface area (Å²) < 4.78 is 10.3. The maximum absolute atomic E-state index is 5.14. The number of ether oxygens (including phenoxy) is 2. The van der Waals surface area contributed by atoms with Crippen LogP contribution in [0.1, 0.15) is 12.8 Å². The molecule has 3 heterocycles. The van der Waals surface area contributed by atoms with E-state index in [1.54, 1.807) is 14.2 Å². The molecular weight excluding hydrogens is 274 g/mol. The van der Waals surface area contributed by atoms with Gasteiger partial charge in [0.15, 0.2) is 17.6 Å². The number of nitrogens with zero attached hydrogens (tertiary/aromatic N) is 5. The average Bonchev–Trinajstić information content (AvgIpc) is 3.18. The number of hydrogen-bond acceptors (Lipinski definition) is 8. The lowest BCUT2D eigenvalue weighted by Crippen LogP contribution is -2.25. The molecule has 2 aromatic heterocycles. The van der Waals surface area contributed by atoms with Gasteiger partial charge in [-0.3, -0.25) is 0 Å². The first-order valence-corrected chi connectivity index (χ1v) is 6.94. The molecule has 0 atom stereocenters. The molecule has 9 nitrogen and oxygen atoms in total. The van der Waals surface area contributed by atoms with E-state index in [1.165, 1.54) is 12.8 Å². The third-order valence-electron chi connectivity index (χ3n) is 3.52. The van der Waals surface area contributed by atoms with Crippen LogP contribution >= 0.6 is 0 Å². The number of anilines is 2. The van der Waals surface area contributed by atoms with E-state index >= 15 is 0 Å². The minimum atomic E-state index is -0.350. The van der Waals surface area contributed by atoms with Crippen molar-refractivity contribution in [2.75, 3.05) is 44.1 Å². The summed E-state index contributed by atoms with van der Waals surface area (Å²) in [7, 11) is 3.18. The lowest BCUT2D eigenvalue weighted by atomic mass is 10.4. The highest BCUT2D eigenvalue weighted by atomic mass is 16.7. The Morgan fingerprint density at radius 1 is 1.19 bits per heavy atom. The van der Waals surface area contributed by atoms with Crippen molar-refractivity contribution in [1.82, 2.24) is 25.4 Å². The van der Waals surface area contributed by atoms with E-state index in [9.17, 15) is 0 Å². The molecule has 1 fully saturated rings. The van der Waals surface area contributed by atoms with Gasteiger partial charge in [-0.15, -0.1) is 5.10 Å². The minimum Gasteiger partial charge on any atom is -0.355 e. The minimum absolute atomic E-state index is 0.350. The number of methoxy groups -OCH3 is 2. The predicted molar refractivity (Wildman–Crippen MR) is 77.2 cm³/mol. The Balaban J connectivity index is 1.85. The van der Waals surface area contributed by atoms with Crippen molar-refractivity contribution in [3.05, 3.63) is 0 Å². The summed E-state index contributed by atoms with van der Waals surface area (Å²) >= 11 is 0. The number of rotatable bonds is 6. The molecule has 0 saturated carbocycles. The van der Waals surface area contributed by atoms with Crippen LogP contribution in [0, 0.1) is 0 Å². The molecule has 114 valence electrons. The second kappa shape index (κ2) is 6.19. The van der Waals surface area contributed by atoms with Gasteiger partial charge in [-0.25, -0.2) is 0 Å². The zero-order chi connectivity index (χ0) is 14.7. The van der Waals surface area contributed by atoms with Crippen molar-refractivity contribution in [2.24, 2.45) is 0 Å². The van der Waals surface area contributed by atoms with Gasteiger partial charge in [0.2, 0.25) is 11.6 Å². The molecule has 1 aliphatic heterocycles. The molecule has 9 heteroatoms. The van der Waals surface area contributed by atoms with Crippen molar-refractivity contribution in [2.45, 2.75) is 19.1 Å². The summed E-state index contributed by atoms with van der Waals surface area (Å²) in [5.74, 6) is 1.32. The van der Waals surface area contributed by atoms with Gasteiger partial charge < -0.3 is 19.7 Å². The third kappa shape index (κ3) is 2.88. The Bertz CT molecular complexity index is 592. The lowest BCUT2D eigenvalue weighted by Gasteiger charge is -2.18. The second-order valence-corrected chi connectivity index (χ2v) is 4.84. The van der Waals surface area contributed by atoms with E-state index in [-0.39, 0.29) is 6.29 Å². The Morgan fingerprint density at radius 2 is 1.95 bits per heavy atom. The SMILES string of the molecule is COC(CNc1nc(N2CCCC2)c2n[nH]nc2n1)OC. The Kier molecular flexibility index (Phi) is 4.11. The van der Waals surface area contributed by atoms with Gasteiger partial charge in [0.1, 0.15) is 0 Å². The maximum Gasteiger partial charge on any atom is 0.227 e. The highest BCUT2D eigenvalue weighted by Crippen LogP contribution is 2.25. The van der Waals surface area contributed by atoms with Crippen LogP contribution in [-0.2, 0) is 9.47 Å².